The van der Waals surface area contributed by atoms with Crippen molar-refractivity contribution in [3.8, 4) is 5.75 Å². The monoisotopic (exact) mass is 208 g/mol. The van der Waals surface area contributed by atoms with Gasteiger partial charge in [0.25, 0.3) is 0 Å². The summed E-state index contributed by atoms with van der Waals surface area (Å²) in [5.74, 6) is 0.459. The van der Waals surface area contributed by atoms with E-state index in [0.29, 0.717) is 11.9 Å². The van der Waals surface area contributed by atoms with Gasteiger partial charge in [0.1, 0.15) is 11.6 Å². The quantitative estimate of drug-likeness (QED) is 0.720. The maximum Gasteiger partial charge on any atom is 0.127 e. The summed E-state index contributed by atoms with van der Waals surface area (Å²) in [6.07, 6.45) is 2.52. The lowest BCUT2D eigenvalue weighted by Crippen LogP contribution is -2.12. The van der Waals surface area contributed by atoms with Crippen molar-refractivity contribution in [1.82, 2.24) is 0 Å². The summed E-state index contributed by atoms with van der Waals surface area (Å²) in [4.78, 5) is 0. The maximum absolute atomic E-state index is 13.3. The Labute approximate surface area is 90.3 Å². The molecule has 0 amide bonds. The fourth-order valence-corrected chi connectivity index (χ4v) is 1.44. The van der Waals surface area contributed by atoms with Gasteiger partial charge in [0, 0.05) is 6.07 Å². The van der Waals surface area contributed by atoms with Crippen LogP contribution in [0.4, 0.5) is 4.39 Å². The number of ether oxygens (including phenoxy) is 1. The first kappa shape index (κ1) is 10.5. The molecule has 0 aliphatic heterocycles. The summed E-state index contributed by atoms with van der Waals surface area (Å²) in [5, 5.41) is 0. The SMILES string of the molecule is CC(C)(C)c1cc(F)cc(OC2CC2)c1. The molecule has 15 heavy (non-hydrogen) atoms. The second-order valence-electron chi connectivity index (χ2n) is 5.24. The van der Waals surface area contributed by atoms with E-state index in [2.05, 4.69) is 20.8 Å². The molecule has 0 heterocycles. The van der Waals surface area contributed by atoms with Gasteiger partial charge in [-0.3, -0.25) is 0 Å². The molecule has 0 aromatic heterocycles. The minimum Gasteiger partial charge on any atom is -0.490 e. The second kappa shape index (κ2) is 3.51. The lowest BCUT2D eigenvalue weighted by atomic mass is 9.87. The highest BCUT2D eigenvalue weighted by molar-refractivity contribution is 5.33. The van der Waals surface area contributed by atoms with Crippen LogP contribution >= 0.6 is 0 Å². The van der Waals surface area contributed by atoms with Crippen molar-refractivity contribution in [2.45, 2.75) is 45.1 Å². The van der Waals surface area contributed by atoms with Crippen molar-refractivity contribution in [3.05, 3.63) is 29.6 Å². The van der Waals surface area contributed by atoms with Crippen LogP contribution in [0.25, 0.3) is 0 Å². The Morgan fingerprint density at radius 1 is 1.20 bits per heavy atom. The number of benzene rings is 1. The molecule has 2 rings (SSSR count). The Morgan fingerprint density at radius 2 is 1.87 bits per heavy atom. The standard InChI is InChI=1S/C13H17FO/c1-13(2,3)9-6-10(14)8-12(7-9)15-11-4-5-11/h6-8,11H,4-5H2,1-3H3. The molecule has 0 unspecified atom stereocenters. The Hall–Kier alpha value is -1.05. The molecule has 0 N–H and O–H groups in total. The van der Waals surface area contributed by atoms with E-state index in [1.54, 1.807) is 6.07 Å². The summed E-state index contributed by atoms with van der Waals surface area (Å²) >= 11 is 0. The van der Waals surface area contributed by atoms with Crippen molar-refractivity contribution in [2.75, 3.05) is 0 Å². The van der Waals surface area contributed by atoms with E-state index in [-0.39, 0.29) is 11.2 Å². The van der Waals surface area contributed by atoms with Gasteiger partial charge in [-0.25, -0.2) is 4.39 Å². The highest BCUT2D eigenvalue weighted by Crippen LogP contribution is 2.31. The van der Waals surface area contributed by atoms with Gasteiger partial charge >= 0.3 is 0 Å². The first-order valence-corrected chi connectivity index (χ1v) is 5.43. The predicted molar refractivity (Wildman–Crippen MR) is 58.8 cm³/mol. The topological polar surface area (TPSA) is 9.23 Å². The first-order chi connectivity index (χ1) is 6.95. The van der Waals surface area contributed by atoms with Gasteiger partial charge in [-0.15, -0.1) is 0 Å². The number of hydrogen-bond donors (Lipinski definition) is 0. The smallest absolute Gasteiger partial charge is 0.127 e. The van der Waals surface area contributed by atoms with Crippen molar-refractivity contribution >= 4 is 0 Å². The highest BCUT2D eigenvalue weighted by atomic mass is 19.1. The Bertz CT molecular complexity index is 361. The van der Waals surface area contributed by atoms with Gasteiger partial charge in [-0.1, -0.05) is 20.8 Å². The van der Waals surface area contributed by atoms with Crippen LogP contribution in [-0.4, -0.2) is 6.10 Å². The average molecular weight is 208 g/mol. The molecule has 2 heteroatoms. The third-order valence-corrected chi connectivity index (χ3v) is 2.56. The molecular formula is C13H17FO. The summed E-state index contributed by atoms with van der Waals surface area (Å²) < 4.78 is 19.0. The molecule has 0 radical (unpaired) electrons. The zero-order valence-electron chi connectivity index (χ0n) is 9.51. The normalized spacial score (nSPS) is 16.5. The van der Waals surface area contributed by atoms with Crippen molar-refractivity contribution in [1.29, 1.82) is 0 Å². The molecule has 1 aliphatic rings. The van der Waals surface area contributed by atoms with Crippen LogP contribution in [-0.2, 0) is 5.41 Å². The van der Waals surface area contributed by atoms with Crippen molar-refractivity contribution in [3.63, 3.8) is 0 Å². The van der Waals surface area contributed by atoms with E-state index in [4.69, 9.17) is 4.74 Å². The molecule has 1 aromatic rings. The largest absolute Gasteiger partial charge is 0.490 e. The van der Waals surface area contributed by atoms with Gasteiger partial charge in [0.15, 0.2) is 0 Å². The van der Waals surface area contributed by atoms with Gasteiger partial charge in [0.2, 0.25) is 0 Å². The Morgan fingerprint density at radius 3 is 2.40 bits per heavy atom. The van der Waals surface area contributed by atoms with Crippen LogP contribution in [0, 0.1) is 5.82 Å². The van der Waals surface area contributed by atoms with E-state index in [1.807, 2.05) is 6.07 Å². The zero-order valence-corrected chi connectivity index (χ0v) is 9.51. The minimum absolute atomic E-state index is 0.0379. The molecule has 1 fully saturated rings. The van der Waals surface area contributed by atoms with Gasteiger partial charge in [0.05, 0.1) is 6.10 Å². The Kier molecular flexibility index (Phi) is 2.45. The predicted octanol–water partition coefficient (Wildman–Crippen LogP) is 3.66. The van der Waals surface area contributed by atoms with Crippen LogP contribution < -0.4 is 4.74 Å². The fourth-order valence-electron chi connectivity index (χ4n) is 1.44. The molecule has 1 aliphatic carbocycles. The number of hydrogen-bond acceptors (Lipinski definition) is 1. The van der Waals surface area contributed by atoms with Gasteiger partial charge in [-0.05, 0) is 36.0 Å². The third kappa shape index (κ3) is 2.71. The number of halogens is 1. The van der Waals surface area contributed by atoms with Crippen LogP contribution in [0.3, 0.4) is 0 Å². The molecule has 1 aromatic carbocycles. The molecule has 0 bridgehead atoms. The first-order valence-electron chi connectivity index (χ1n) is 5.43. The van der Waals surface area contributed by atoms with Gasteiger partial charge in [-0.2, -0.15) is 0 Å². The molecule has 0 atom stereocenters. The van der Waals surface area contributed by atoms with E-state index < -0.39 is 0 Å². The van der Waals surface area contributed by atoms with E-state index >= 15 is 0 Å². The second-order valence-corrected chi connectivity index (χ2v) is 5.24. The molecule has 1 saturated carbocycles. The molecular weight excluding hydrogens is 191 g/mol. The summed E-state index contributed by atoms with van der Waals surface area (Å²) in [5.41, 5.74) is 0.946. The van der Waals surface area contributed by atoms with Crippen molar-refractivity contribution < 1.29 is 9.13 Å². The van der Waals surface area contributed by atoms with Gasteiger partial charge < -0.3 is 4.74 Å². The van der Waals surface area contributed by atoms with Crippen LogP contribution in [0.2, 0.25) is 0 Å². The van der Waals surface area contributed by atoms with E-state index in [0.717, 1.165) is 18.4 Å². The van der Waals surface area contributed by atoms with Crippen LogP contribution in [0.1, 0.15) is 39.2 Å². The molecule has 0 spiro atoms. The van der Waals surface area contributed by atoms with Crippen LogP contribution in [0.15, 0.2) is 18.2 Å². The van der Waals surface area contributed by atoms with E-state index in [1.165, 1.54) is 6.07 Å². The summed E-state index contributed by atoms with van der Waals surface area (Å²) in [7, 11) is 0. The van der Waals surface area contributed by atoms with E-state index in [9.17, 15) is 4.39 Å². The number of rotatable bonds is 2. The summed E-state index contributed by atoms with van der Waals surface area (Å²) in [6, 6.07) is 4.99. The average Bonchev–Trinajstić information content (AvgIpc) is 2.85. The Balaban J connectivity index is 2.27. The molecule has 1 nitrogen and oxygen atoms in total. The lowest BCUT2D eigenvalue weighted by Gasteiger charge is -2.20. The van der Waals surface area contributed by atoms with Crippen LogP contribution in [0.5, 0.6) is 5.75 Å². The third-order valence-electron chi connectivity index (χ3n) is 2.56. The summed E-state index contributed by atoms with van der Waals surface area (Å²) in [6.45, 7) is 6.22. The maximum atomic E-state index is 13.3. The van der Waals surface area contributed by atoms with Crippen molar-refractivity contribution in [2.24, 2.45) is 0 Å². The minimum atomic E-state index is -0.210. The zero-order chi connectivity index (χ0) is 11.1. The lowest BCUT2D eigenvalue weighted by molar-refractivity contribution is 0.300. The highest BCUT2D eigenvalue weighted by Gasteiger charge is 2.24. The fraction of sp³-hybridized carbons (Fsp3) is 0.538. The molecule has 0 saturated heterocycles. The molecule has 82 valence electrons.